The topological polar surface area (TPSA) is 3.24 Å². The number of hydrogen-bond acceptors (Lipinski definition) is 1. The van der Waals surface area contributed by atoms with Crippen LogP contribution in [0.25, 0.3) is 0 Å². The summed E-state index contributed by atoms with van der Waals surface area (Å²) in [5.74, 6) is 0. The van der Waals surface area contributed by atoms with Crippen LogP contribution in [-0.4, -0.2) is 18.0 Å². The second kappa shape index (κ2) is 11.3. The average Bonchev–Trinajstić information content (AvgIpc) is 2.42. The Morgan fingerprint density at radius 2 is 1.37 bits per heavy atom. The van der Waals surface area contributed by atoms with E-state index in [4.69, 9.17) is 0 Å². The Hall–Kier alpha value is -0.530. The molecule has 0 aromatic heterocycles. The molecule has 0 heterocycles. The fourth-order valence-electron chi connectivity index (χ4n) is 2.33. The Labute approximate surface area is 125 Å². The van der Waals surface area contributed by atoms with Crippen molar-refractivity contribution in [1.29, 1.82) is 0 Å². The van der Waals surface area contributed by atoms with Gasteiger partial charge < -0.3 is 0 Å². The average molecular weight is 284 g/mol. The van der Waals surface area contributed by atoms with Crippen LogP contribution in [-0.2, 0) is 13.0 Å². The first-order chi connectivity index (χ1) is 8.81. The molecule has 0 aliphatic carbocycles. The summed E-state index contributed by atoms with van der Waals surface area (Å²) < 4.78 is 0. The number of rotatable bonds is 9. The highest BCUT2D eigenvalue weighted by Gasteiger charge is 2.07. The molecule has 0 N–H and O–H groups in total. The second-order valence-electron chi connectivity index (χ2n) is 5.11. The van der Waals surface area contributed by atoms with Gasteiger partial charge in [0.05, 0.1) is 0 Å². The fraction of sp³-hybridized carbons (Fsp3) is 0.647. The molecule has 0 saturated heterocycles. The van der Waals surface area contributed by atoms with Crippen molar-refractivity contribution in [3.63, 3.8) is 0 Å². The summed E-state index contributed by atoms with van der Waals surface area (Å²) in [5.41, 5.74) is 3.03. The molecule has 0 aliphatic heterocycles. The van der Waals surface area contributed by atoms with Crippen molar-refractivity contribution in [1.82, 2.24) is 4.90 Å². The minimum atomic E-state index is 0. The van der Waals surface area contributed by atoms with Crippen molar-refractivity contribution in [2.24, 2.45) is 0 Å². The third kappa shape index (κ3) is 6.98. The maximum Gasteiger partial charge on any atom is 0.0236 e. The molecule has 0 fully saturated rings. The number of halogens is 1. The van der Waals surface area contributed by atoms with Gasteiger partial charge in [-0.1, -0.05) is 57.9 Å². The molecule has 110 valence electrons. The van der Waals surface area contributed by atoms with Crippen molar-refractivity contribution in [3.05, 3.63) is 35.4 Å². The maximum absolute atomic E-state index is 2.63. The quantitative estimate of drug-likeness (QED) is 0.611. The van der Waals surface area contributed by atoms with Crippen molar-refractivity contribution in [3.8, 4) is 0 Å². The summed E-state index contributed by atoms with van der Waals surface area (Å²) in [5, 5.41) is 0. The zero-order valence-electron chi connectivity index (χ0n) is 12.8. The Morgan fingerprint density at radius 1 is 0.842 bits per heavy atom. The summed E-state index contributed by atoms with van der Waals surface area (Å²) >= 11 is 0. The van der Waals surface area contributed by atoms with E-state index in [1.165, 1.54) is 49.9 Å². The van der Waals surface area contributed by atoms with Gasteiger partial charge in [-0.05, 0) is 43.5 Å². The highest BCUT2D eigenvalue weighted by molar-refractivity contribution is 5.85. The first-order valence-electron chi connectivity index (χ1n) is 7.60. The monoisotopic (exact) mass is 283 g/mol. The van der Waals surface area contributed by atoms with Crippen molar-refractivity contribution in [2.75, 3.05) is 13.1 Å². The van der Waals surface area contributed by atoms with Crippen LogP contribution in [0.4, 0.5) is 0 Å². The zero-order chi connectivity index (χ0) is 13.2. The lowest BCUT2D eigenvalue weighted by Gasteiger charge is -2.23. The van der Waals surface area contributed by atoms with E-state index in [9.17, 15) is 0 Å². The predicted octanol–water partition coefficient (Wildman–Crippen LogP) is 5.07. The molecule has 1 aromatic carbocycles. The van der Waals surface area contributed by atoms with Gasteiger partial charge in [-0.25, -0.2) is 0 Å². The molecule has 0 unspecified atom stereocenters. The summed E-state index contributed by atoms with van der Waals surface area (Å²) in [4.78, 5) is 2.63. The summed E-state index contributed by atoms with van der Waals surface area (Å²) in [6.07, 6.45) is 6.36. The molecule has 0 bridgehead atoms. The minimum Gasteiger partial charge on any atom is -0.299 e. The molecule has 0 spiro atoms. The SMILES string of the molecule is CCCCN(CCCC)Cc1ccccc1CC.Cl. The molecule has 1 nitrogen and oxygen atoms in total. The van der Waals surface area contributed by atoms with E-state index in [1.807, 2.05) is 0 Å². The molecule has 1 aromatic rings. The van der Waals surface area contributed by atoms with Crippen LogP contribution in [0.15, 0.2) is 24.3 Å². The number of aryl methyl sites for hydroxylation is 1. The lowest BCUT2D eigenvalue weighted by molar-refractivity contribution is 0.256. The van der Waals surface area contributed by atoms with Gasteiger partial charge in [-0.3, -0.25) is 4.90 Å². The summed E-state index contributed by atoms with van der Waals surface area (Å²) in [6, 6.07) is 8.90. The second-order valence-corrected chi connectivity index (χ2v) is 5.11. The van der Waals surface area contributed by atoms with Crippen LogP contribution < -0.4 is 0 Å². The van der Waals surface area contributed by atoms with Crippen LogP contribution in [0, 0.1) is 0 Å². The molecular weight excluding hydrogens is 254 g/mol. The molecule has 1 rings (SSSR count). The van der Waals surface area contributed by atoms with E-state index < -0.39 is 0 Å². The molecule has 0 saturated carbocycles. The molecular formula is C17H30ClN. The largest absolute Gasteiger partial charge is 0.299 e. The van der Waals surface area contributed by atoms with E-state index in [1.54, 1.807) is 0 Å². The van der Waals surface area contributed by atoms with Gasteiger partial charge in [0.15, 0.2) is 0 Å². The van der Waals surface area contributed by atoms with Gasteiger partial charge in [0.2, 0.25) is 0 Å². The Bertz CT molecular complexity index is 317. The Kier molecular flexibility index (Phi) is 11.0. The van der Waals surface area contributed by atoms with E-state index in [2.05, 4.69) is 49.9 Å². The normalized spacial score (nSPS) is 10.5. The van der Waals surface area contributed by atoms with Gasteiger partial charge in [0.25, 0.3) is 0 Å². The van der Waals surface area contributed by atoms with Crippen molar-refractivity contribution < 1.29 is 0 Å². The molecule has 19 heavy (non-hydrogen) atoms. The zero-order valence-corrected chi connectivity index (χ0v) is 13.6. The van der Waals surface area contributed by atoms with Crippen LogP contribution in [0.5, 0.6) is 0 Å². The van der Waals surface area contributed by atoms with Gasteiger partial charge in [-0.15, -0.1) is 12.4 Å². The summed E-state index contributed by atoms with van der Waals surface area (Å²) in [7, 11) is 0. The van der Waals surface area contributed by atoms with Crippen molar-refractivity contribution in [2.45, 2.75) is 59.4 Å². The Morgan fingerprint density at radius 3 is 1.84 bits per heavy atom. The van der Waals surface area contributed by atoms with Crippen LogP contribution >= 0.6 is 12.4 Å². The molecule has 0 radical (unpaired) electrons. The number of hydrogen-bond donors (Lipinski definition) is 0. The molecule has 0 atom stereocenters. The highest BCUT2D eigenvalue weighted by Crippen LogP contribution is 2.13. The van der Waals surface area contributed by atoms with Crippen molar-refractivity contribution >= 4 is 12.4 Å². The van der Waals surface area contributed by atoms with Gasteiger partial charge in [0, 0.05) is 6.54 Å². The van der Waals surface area contributed by atoms with E-state index >= 15 is 0 Å². The maximum atomic E-state index is 2.63. The fourth-order valence-corrected chi connectivity index (χ4v) is 2.33. The lowest BCUT2D eigenvalue weighted by Crippen LogP contribution is -2.26. The summed E-state index contributed by atoms with van der Waals surface area (Å²) in [6.45, 7) is 10.4. The third-order valence-corrected chi connectivity index (χ3v) is 3.55. The molecule has 2 heteroatoms. The first-order valence-corrected chi connectivity index (χ1v) is 7.60. The third-order valence-electron chi connectivity index (χ3n) is 3.55. The highest BCUT2D eigenvalue weighted by atomic mass is 35.5. The first kappa shape index (κ1) is 18.5. The molecule has 0 amide bonds. The predicted molar refractivity (Wildman–Crippen MR) is 88.2 cm³/mol. The van der Waals surface area contributed by atoms with E-state index in [0.717, 1.165) is 13.0 Å². The van der Waals surface area contributed by atoms with Crippen LogP contribution in [0.1, 0.15) is 57.6 Å². The van der Waals surface area contributed by atoms with E-state index in [0.29, 0.717) is 0 Å². The van der Waals surface area contributed by atoms with Crippen LogP contribution in [0.3, 0.4) is 0 Å². The lowest BCUT2D eigenvalue weighted by atomic mass is 10.0. The van der Waals surface area contributed by atoms with Gasteiger partial charge >= 0.3 is 0 Å². The smallest absolute Gasteiger partial charge is 0.0236 e. The van der Waals surface area contributed by atoms with E-state index in [-0.39, 0.29) is 12.4 Å². The minimum absolute atomic E-state index is 0. The van der Waals surface area contributed by atoms with Gasteiger partial charge in [0.1, 0.15) is 0 Å². The Balaban J connectivity index is 0.00000324. The van der Waals surface area contributed by atoms with Gasteiger partial charge in [-0.2, -0.15) is 0 Å². The number of benzene rings is 1. The number of unbranched alkanes of at least 4 members (excludes halogenated alkanes) is 2. The molecule has 0 aliphatic rings. The number of nitrogens with zero attached hydrogens (tertiary/aromatic N) is 1. The van der Waals surface area contributed by atoms with Crippen LogP contribution in [0.2, 0.25) is 0 Å². The standard InChI is InChI=1S/C17H29N.ClH/c1-4-7-13-18(14-8-5-2)15-17-12-10-9-11-16(17)6-3;/h9-12H,4-8,13-15H2,1-3H3;1H.